The summed E-state index contributed by atoms with van der Waals surface area (Å²) in [4.78, 5) is 11.7. The van der Waals surface area contributed by atoms with Crippen molar-refractivity contribution >= 4 is 0 Å². The predicted molar refractivity (Wildman–Crippen MR) is 65.8 cm³/mol. The summed E-state index contributed by atoms with van der Waals surface area (Å²) in [6, 6.07) is 13.5. The van der Waals surface area contributed by atoms with Crippen molar-refractivity contribution in [2.24, 2.45) is 0 Å². The molecule has 0 amide bonds. The number of hydrogen-bond acceptors (Lipinski definition) is 3. The SMILES string of the molecule is O=c1ccc(-c2ccccc2)nn1C1CNC1. The highest BCUT2D eigenvalue weighted by Crippen LogP contribution is 2.16. The molecule has 86 valence electrons. The van der Waals surface area contributed by atoms with Crippen LogP contribution in [0.25, 0.3) is 11.3 Å². The third-order valence-corrected chi connectivity index (χ3v) is 3.00. The molecule has 0 saturated carbocycles. The van der Waals surface area contributed by atoms with Gasteiger partial charge in [0.2, 0.25) is 0 Å². The van der Waals surface area contributed by atoms with Crippen LogP contribution in [0.1, 0.15) is 6.04 Å². The van der Waals surface area contributed by atoms with E-state index in [0.29, 0.717) is 0 Å². The molecule has 3 rings (SSSR count). The fourth-order valence-electron chi connectivity index (χ4n) is 1.90. The van der Waals surface area contributed by atoms with E-state index < -0.39 is 0 Å². The molecule has 0 unspecified atom stereocenters. The molecule has 17 heavy (non-hydrogen) atoms. The summed E-state index contributed by atoms with van der Waals surface area (Å²) in [7, 11) is 0. The van der Waals surface area contributed by atoms with Crippen molar-refractivity contribution in [3.8, 4) is 11.3 Å². The van der Waals surface area contributed by atoms with E-state index in [-0.39, 0.29) is 11.6 Å². The zero-order valence-electron chi connectivity index (χ0n) is 9.34. The first-order valence-corrected chi connectivity index (χ1v) is 5.70. The summed E-state index contributed by atoms with van der Waals surface area (Å²) in [5.74, 6) is 0. The van der Waals surface area contributed by atoms with Gasteiger partial charge in [-0.05, 0) is 6.07 Å². The largest absolute Gasteiger partial charge is 0.312 e. The van der Waals surface area contributed by atoms with Crippen LogP contribution in [0.15, 0.2) is 47.3 Å². The van der Waals surface area contributed by atoms with Gasteiger partial charge in [0.15, 0.2) is 0 Å². The van der Waals surface area contributed by atoms with Crippen LogP contribution in [0.5, 0.6) is 0 Å². The van der Waals surface area contributed by atoms with Crippen molar-refractivity contribution in [1.82, 2.24) is 15.1 Å². The third kappa shape index (κ3) is 1.87. The standard InChI is InChI=1S/C13H13N3O/c17-13-7-6-12(10-4-2-1-3-5-10)15-16(13)11-8-14-9-11/h1-7,11,14H,8-9H2. The Kier molecular flexibility index (Phi) is 2.49. The second-order valence-corrected chi connectivity index (χ2v) is 4.18. The molecule has 0 radical (unpaired) electrons. The van der Waals surface area contributed by atoms with Gasteiger partial charge in [-0.25, -0.2) is 4.68 Å². The lowest BCUT2D eigenvalue weighted by atomic mass is 10.1. The van der Waals surface area contributed by atoms with Gasteiger partial charge in [0.05, 0.1) is 11.7 Å². The van der Waals surface area contributed by atoms with Crippen LogP contribution in [-0.4, -0.2) is 22.9 Å². The second-order valence-electron chi connectivity index (χ2n) is 4.18. The lowest BCUT2D eigenvalue weighted by Gasteiger charge is -2.27. The fourth-order valence-corrected chi connectivity index (χ4v) is 1.90. The molecule has 4 heteroatoms. The molecule has 1 aliphatic rings. The van der Waals surface area contributed by atoms with Gasteiger partial charge in [0, 0.05) is 24.7 Å². The van der Waals surface area contributed by atoms with Crippen LogP contribution in [0.2, 0.25) is 0 Å². The van der Waals surface area contributed by atoms with Crippen molar-refractivity contribution in [1.29, 1.82) is 0 Å². The van der Waals surface area contributed by atoms with Gasteiger partial charge in [-0.15, -0.1) is 0 Å². The van der Waals surface area contributed by atoms with Crippen molar-refractivity contribution in [3.05, 3.63) is 52.8 Å². The van der Waals surface area contributed by atoms with Gasteiger partial charge >= 0.3 is 0 Å². The molecular formula is C13H13N3O. The predicted octanol–water partition coefficient (Wildman–Crippen LogP) is 1.05. The highest BCUT2D eigenvalue weighted by molar-refractivity contribution is 5.57. The van der Waals surface area contributed by atoms with E-state index in [1.807, 2.05) is 30.3 Å². The summed E-state index contributed by atoms with van der Waals surface area (Å²) in [5, 5.41) is 7.58. The maximum absolute atomic E-state index is 11.7. The van der Waals surface area contributed by atoms with E-state index in [1.54, 1.807) is 16.8 Å². The van der Waals surface area contributed by atoms with E-state index in [0.717, 1.165) is 24.3 Å². The smallest absolute Gasteiger partial charge is 0.267 e. The van der Waals surface area contributed by atoms with Gasteiger partial charge in [-0.2, -0.15) is 5.10 Å². The highest BCUT2D eigenvalue weighted by atomic mass is 16.1. The summed E-state index contributed by atoms with van der Waals surface area (Å²) < 4.78 is 1.58. The van der Waals surface area contributed by atoms with Gasteiger partial charge in [0.25, 0.3) is 5.56 Å². The molecule has 2 heterocycles. The average Bonchev–Trinajstić information content (AvgIpc) is 2.31. The van der Waals surface area contributed by atoms with Crippen LogP contribution in [0.3, 0.4) is 0 Å². The zero-order chi connectivity index (χ0) is 11.7. The number of nitrogens with one attached hydrogen (secondary N) is 1. The van der Waals surface area contributed by atoms with Crippen LogP contribution >= 0.6 is 0 Å². The summed E-state index contributed by atoms with van der Waals surface area (Å²) >= 11 is 0. The minimum absolute atomic E-state index is 0.0313. The van der Waals surface area contributed by atoms with Crippen molar-refractivity contribution in [2.45, 2.75) is 6.04 Å². The Morgan fingerprint density at radius 1 is 1.12 bits per heavy atom. The van der Waals surface area contributed by atoms with Crippen molar-refractivity contribution < 1.29 is 0 Å². The molecule has 1 saturated heterocycles. The van der Waals surface area contributed by atoms with Gasteiger partial charge in [-0.1, -0.05) is 30.3 Å². The van der Waals surface area contributed by atoms with Gasteiger partial charge in [-0.3, -0.25) is 4.79 Å². The zero-order valence-corrected chi connectivity index (χ0v) is 9.34. The first kappa shape index (κ1) is 10.2. The van der Waals surface area contributed by atoms with Crippen LogP contribution in [0, 0.1) is 0 Å². The van der Waals surface area contributed by atoms with E-state index in [4.69, 9.17) is 0 Å². The lowest BCUT2D eigenvalue weighted by Crippen LogP contribution is -2.47. The quantitative estimate of drug-likeness (QED) is 0.834. The number of rotatable bonds is 2. The Labute approximate surface area is 98.9 Å². The Morgan fingerprint density at radius 3 is 2.53 bits per heavy atom. The Hall–Kier alpha value is -1.94. The molecule has 4 nitrogen and oxygen atoms in total. The van der Waals surface area contributed by atoms with Gasteiger partial charge in [0.1, 0.15) is 0 Å². The van der Waals surface area contributed by atoms with E-state index in [2.05, 4.69) is 10.4 Å². The van der Waals surface area contributed by atoms with Crippen LogP contribution in [-0.2, 0) is 0 Å². The minimum atomic E-state index is -0.0313. The Morgan fingerprint density at radius 2 is 1.88 bits per heavy atom. The van der Waals surface area contributed by atoms with Crippen LogP contribution < -0.4 is 10.9 Å². The number of nitrogens with zero attached hydrogens (tertiary/aromatic N) is 2. The topological polar surface area (TPSA) is 46.9 Å². The molecule has 2 aromatic rings. The fraction of sp³-hybridized carbons (Fsp3) is 0.231. The molecule has 0 spiro atoms. The molecule has 0 atom stereocenters. The first-order valence-electron chi connectivity index (χ1n) is 5.70. The first-order chi connectivity index (χ1) is 8.34. The number of hydrogen-bond donors (Lipinski definition) is 1. The minimum Gasteiger partial charge on any atom is -0.312 e. The maximum Gasteiger partial charge on any atom is 0.267 e. The third-order valence-electron chi connectivity index (χ3n) is 3.00. The maximum atomic E-state index is 11.7. The van der Waals surface area contributed by atoms with Crippen molar-refractivity contribution in [2.75, 3.05) is 13.1 Å². The molecule has 1 aliphatic heterocycles. The molecule has 0 bridgehead atoms. The Bertz CT molecular complexity index is 573. The van der Waals surface area contributed by atoms with Crippen molar-refractivity contribution in [3.63, 3.8) is 0 Å². The number of aromatic nitrogens is 2. The summed E-state index contributed by atoms with van der Waals surface area (Å²) in [6.45, 7) is 1.65. The average molecular weight is 227 g/mol. The normalized spacial score (nSPS) is 15.5. The lowest BCUT2D eigenvalue weighted by molar-refractivity contribution is 0.307. The van der Waals surface area contributed by atoms with E-state index >= 15 is 0 Å². The molecular weight excluding hydrogens is 214 g/mol. The summed E-state index contributed by atoms with van der Waals surface area (Å²) in [5.41, 5.74) is 1.85. The van der Waals surface area contributed by atoms with E-state index in [1.165, 1.54) is 0 Å². The van der Waals surface area contributed by atoms with Crippen LogP contribution in [0.4, 0.5) is 0 Å². The number of benzene rings is 1. The Balaban J connectivity index is 2.04. The highest BCUT2D eigenvalue weighted by Gasteiger charge is 2.20. The monoisotopic (exact) mass is 227 g/mol. The van der Waals surface area contributed by atoms with E-state index in [9.17, 15) is 4.79 Å². The molecule has 1 aromatic heterocycles. The molecule has 1 N–H and O–H groups in total. The van der Waals surface area contributed by atoms with Gasteiger partial charge < -0.3 is 5.32 Å². The molecule has 0 aliphatic carbocycles. The molecule has 1 aromatic carbocycles. The molecule has 1 fully saturated rings. The second kappa shape index (κ2) is 4.14. The summed E-state index contributed by atoms with van der Waals surface area (Å²) in [6.07, 6.45) is 0.